The molecule has 0 saturated carbocycles. The first kappa shape index (κ1) is 10.9. The van der Waals surface area contributed by atoms with Crippen LogP contribution < -0.4 is 0 Å². The highest BCUT2D eigenvalue weighted by Crippen LogP contribution is 2.22. The van der Waals surface area contributed by atoms with Gasteiger partial charge in [-0.05, 0) is 12.8 Å². The Kier molecular flexibility index (Phi) is 2.72. The van der Waals surface area contributed by atoms with Crippen LogP contribution in [0.5, 0.6) is 0 Å². The van der Waals surface area contributed by atoms with E-state index in [0.717, 1.165) is 6.42 Å². The molecule has 2 aliphatic rings. The van der Waals surface area contributed by atoms with Gasteiger partial charge in [0.05, 0.1) is 24.0 Å². The highest BCUT2D eigenvalue weighted by Gasteiger charge is 2.37. The van der Waals surface area contributed by atoms with E-state index in [1.165, 1.54) is 4.90 Å². The Bertz CT molecular complexity index is 364. The number of amides is 1. The van der Waals surface area contributed by atoms with E-state index >= 15 is 0 Å². The SMILES string of the molecule is O=C1CC(O)CN1C1CCCS(=O)(=O)C1. The molecule has 86 valence electrons. The minimum Gasteiger partial charge on any atom is -0.391 e. The lowest BCUT2D eigenvalue weighted by Crippen LogP contribution is -2.44. The Morgan fingerprint density at radius 1 is 1.40 bits per heavy atom. The zero-order chi connectivity index (χ0) is 11.1. The molecule has 0 aromatic heterocycles. The van der Waals surface area contributed by atoms with E-state index < -0.39 is 15.9 Å². The van der Waals surface area contributed by atoms with E-state index in [1.54, 1.807) is 0 Å². The minimum atomic E-state index is -2.99. The van der Waals surface area contributed by atoms with E-state index in [4.69, 9.17) is 0 Å². The summed E-state index contributed by atoms with van der Waals surface area (Å²) in [5.74, 6) is 0.170. The van der Waals surface area contributed by atoms with Crippen LogP contribution in [0, 0.1) is 0 Å². The molecule has 2 rings (SSSR count). The molecular formula is C9H15NO4S. The maximum Gasteiger partial charge on any atom is 0.225 e. The first-order chi connectivity index (χ1) is 6.98. The fraction of sp³-hybridized carbons (Fsp3) is 0.889. The number of nitrogens with zero attached hydrogens (tertiary/aromatic N) is 1. The molecule has 0 bridgehead atoms. The van der Waals surface area contributed by atoms with Crippen LogP contribution >= 0.6 is 0 Å². The van der Waals surface area contributed by atoms with Crippen molar-refractivity contribution in [3.63, 3.8) is 0 Å². The predicted molar refractivity (Wildman–Crippen MR) is 54.0 cm³/mol. The predicted octanol–water partition coefficient (Wildman–Crippen LogP) is -0.843. The number of sulfone groups is 1. The molecule has 2 heterocycles. The Morgan fingerprint density at radius 2 is 2.13 bits per heavy atom. The van der Waals surface area contributed by atoms with Crippen molar-refractivity contribution >= 4 is 15.7 Å². The van der Waals surface area contributed by atoms with E-state index in [0.29, 0.717) is 13.0 Å². The van der Waals surface area contributed by atoms with Gasteiger partial charge in [0.15, 0.2) is 9.84 Å². The van der Waals surface area contributed by atoms with Gasteiger partial charge in [-0.15, -0.1) is 0 Å². The van der Waals surface area contributed by atoms with Gasteiger partial charge in [-0.2, -0.15) is 0 Å². The summed E-state index contributed by atoms with van der Waals surface area (Å²) in [7, 11) is -2.99. The smallest absolute Gasteiger partial charge is 0.225 e. The zero-order valence-corrected chi connectivity index (χ0v) is 9.24. The number of carbonyl (C=O) groups is 1. The lowest BCUT2D eigenvalue weighted by molar-refractivity contribution is -0.129. The lowest BCUT2D eigenvalue weighted by atomic mass is 10.1. The summed E-state index contributed by atoms with van der Waals surface area (Å²) in [5, 5.41) is 9.32. The number of hydrogen-bond acceptors (Lipinski definition) is 4. The second kappa shape index (κ2) is 3.75. The molecule has 1 N–H and O–H groups in total. The molecule has 0 radical (unpaired) electrons. The van der Waals surface area contributed by atoms with Crippen molar-refractivity contribution in [2.45, 2.75) is 31.4 Å². The maximum atomic E-state index is 11.5. The van der Waals surface area contributed by atoms with E-state index in [1.807, 2.05) is 0 Å². The molecule has 2 fully saturated rings. The molecule has 0 aromatic rings. The standard InChI is InChI=1S/C9H15NO4S/c11-8-4-9(12)10(5-8)7-2-1-3-15(13,14)6-7/h7-8,11H,1-6H2. The zero-order valence-electron chi connectivity index (χ0n) is 8.42. The molecule has 2 unspecified atom stereocenters. The molecule has 0 spiro atoms. The maximum absolute atomic E-state index is 11.5. The van der Waals surface area contributed by atoms with Gasteiger partial charge in [0.25, 0.3) is 0 Å². The lowest BCUT2D eigenvalue weighted by Gasteiger charge is -2.30. The normalized spacial score (nSPS) is 35.8. The monoisotopic (exact) mass is 233 g/mol. The average Bonchev–Trinajstić information content (AvgIpc) is 2.43. The summed E-state index contributed by atoms with van der Waals surface area (Å²) in [4.78, 5) is 13.0. The Labute approximate surface area is 89.0 Å². The number of aliphatic hydroxyl groups excluding tert-OH is 1. The van der Waals surface area contributed by atoms with Gasteiger partial charge in [0.1, 0.15) is 0 Å². The quantitative estimate of drug-likeness (QED) is 0.640. The summed E-state index contributed by atoms with van der Waals surface area (Å²) in [5.41, 5.74) is 0. The fourth-order valence-corrected chi connectivity index (χ4v) is 4.02. The molecule has 5 nitrogen and oxygen atoms in total. The molecular weight excluding hydrogens is 218 g/mol. The Morgan fingerprint density at radius 3 is 2.67 bits per heavy atom. The van der Waals surface area contributed by atoms with Crippen molar-refractivity contribution in [3.8, 4) is 0 Å². The summed E-state index contributed by atoms with van der Waals surface area (Å²) < 4.78 is 22.8. The minimum absolute atomic E-state index is 0.0610. The fourth-order valence-electron chi connectivity index (χ4n) is 2.31. The first-order valence-corrected chi connectivity index (χ1v) is 6.98. The number of hydrogen-bond donors (Lipinski definition) is 1. The van der Waals surface area contributed by atoms with Crippen molar-refractivity contribution in [1.29, 1.82) is 0 Å². The molecule has 0 aromatic carbocycles. The number of rotatable bonds is 1. The average molecular weight is 233 g/mol. The van der Waals surface area contributed by atoms with Gasteiger partial charge >= 0.3 is 0 Å². The van der Waals surface area contributed by atoms with E-state index in [-0.39, 0.29) is 29.9 Å². The van der Waals surface area contributed by atoms with Gasteiger partial charge in [0.2, 0.25) is 5.91 Å². The van der Waals surface area contributed by atoms with Crippen LogP contribution in [0.1, 0.15) is 19.3 Å². The summed E-state index contributed by atoms with van der Waals surface area (Å²) in [6, 6.07) is -0.214. The second-order valence-corrected chi connectivity index (χ2v) is 6.54. The number of likely N-dealkylation sites (tertiary alicyclic amines) is 1. The van der Waals surface area contributed by atoms with Crippen LogP contribution in [0.2, 0.25) is 0 Å². The third-order valence-corrected chi connectivity index (χ3v) is 4.82. The molecule has 15 heavy (non-hydrogen) atoms. The van der Waals surface area contributed by atoms with Crippen molar-refractivity contribution in [3.05, 3.63) is 0 Å². The second-order valence-electron chi connectivity index (χ2n) is 4.31. The van der Waals surface area contributed by atoms with Crippen LogP contribution in [0.25, 0.3) is 0 Å². The summed E-state index contributed by atoms with van der Waals surface area (Å²) in [6.45, 7) is 0.291. The largest absolute Gasteiger partial charge is 0.391 e. The van der Waals surface area contributed by atoms with Crippen molar-refractivity contribution < 1.29 is 18.3 Å². The van der Waals surface area contributed by atoms with Gasteiger partial charge in [-0.25, -0.2) is 8.42 Å². The highest BCUT2D eigenvalue weighted by molar-refractivity contribution is 7.91. The van der Waals surface area contributed by atoms with Crippen LogP contribution in [-0.2, 0) is 14.6 Å². The molecule has 2 aliphatic heterocycles. The Balaban J connectivity index is 2.08. The number of β-amino-alcohol motifs (C(OH)–C–C–N with tert-alkyl or cyclic N) is 1. The van der Waals surface area contributed by atoms with Gasteiger partial charge in [0, 0.05) is 12.6 Å². The van der Waals surface area contributed by atoms with Gasteiger partial charge < -0.3 is 10.0 Å². The number of carbonyl (C=O) groups excluding carboxylic acids is 1. The van der Waals surface area contributed by atoms with E-state index in [2.05, 4.69) is 0 Å². The topological polar surface area (TPSA) is 74.7 Å². The van der Waals surface area contributed by atoms with Crippen molar-refractivity contribution in [2.75, 3.05) is 18.1 Å². The number of aliphatic hydroxyl groups is 1. The van der Waals surface area contributed by atoms with Gasteiger partial charge in [-0.3, -0.25) is 4.79 Å². The highest BCUT2D eigenvalue weighted by atomic mass is 32.2. The van der Waals surface area contributed by atoms with Crippen LogP contribution in [-0.4, -0.2) is 54.5 Å². The van der Waals surface area contributed by atoms with Crippen LogP contribution in [0.4, 0.5) is 0 Å². The molecule has 1 amide bonds. The Hall–Kier alpha value is -0.620. The first-order valence-electron chi connectivity index (χ1n) is 5.16. The van der Waals surface area contributed by atoms with Crippen LogP contribution in [0.3, 0.4) is 0 Å². The third-order valence-electron chi connectivity index (χ3n) is 3.02. The molecule has 6 heteroatoms. The van der Waals surface area contributed by atoms with Crippen molar-refractivity contribution in [1.82, 2.24) is 4.90 Å². The van der Waals surface area contributed by atoms with Crippen LogP contribution in [0.15, 0.2) is 0 Å². The summed E-state index contributed by atoms with van der Waals surface area (Å²) in [6.07, 6.45) is 0.864. The third kappa shape index (κ3) is 2.31. The molecule has 2 atom stereocenters. The van der Waals surface area contributed by atoms with Gasteiger partial charge in [-0.1, -0.05) is 0 Å². The molecule has 0 aliphatic carbocycles. The molecule has 2 saturated heterocycles. The summed E-state index contributed by atoms with van der Waals surface area (Å²) >= 11 is 0. The van der Waals surface area contributed by atoms with Crippen molar-refractivity contribution in [2.24, 2.45) is 0 Å². The van der Waals surface area contributed by atoms with E-state index in [9.17, 15) is 18.3 Å².